The number of nitrogens with zero attached hydrogens (tertiary/aromatic N) is 1. The number of hydrogen-bond acceptors (Lipinski definition) is 7. The molecule has 0 spiro atoms. The molecule has 0 saturated carbocycles. The lowest BCUT2D eigenvalue weighted by molar-refractivity contribution is -0.123. The predicted octanol–water partition coefficient (Wildman–Crippen LogP) is 4.96. The molecule has 2 aromatic carbocycles. The lowest BCUT2D eigenvalue weighted by Gasteiger charge is -2.12. The Hall–Kier alpha value is -3.90. The Kier molecular flexibility index (Phi) is 7.79. The van der Waals surface area contributed by atoms with Gasteiger partial charge in [-0.05, 0) is 85.5 Å². The fourth-order valence-corrected chi connectivity index (χ4v) is 4.86. The number of rotatable bonds is 8. The summed E-state index contributed by atoms with van der Waals surface area (Å²) >= 11 is 6.92. The summed E-state index contributed by atoms with van der Waals surface area (Å²) in [5, 5.41) is 11.5. The highest BCUT2D eigenvalue weighted by molar-refractivity contribution is 9.11. The molecule has 2 heterocycles. The van der Waals surface area contributed by atoms with Crippen LogP contribution in [0.15, 0.2) is 67.6 Å². The van der Waals surface area contributed by atoms with E-state index in [1.54, 1.807) is 24.3 Å². The highest BCUT2D eigenvalue weighted by Gasteiger charge is 2.34. The Morgan fingerprint density at radius 1 is 1.08 bits per heavy atom. The number of methoxy groups -OCH3 is 1. The van der Waals surface area contributed by atoms with Gasteiger partial charge in [-0.25, -0.2) is 14.4 Å². The molecule has 0 bridgehead atoms. The van der Waals surface area contributed by atoms with Gasteiger partial charge in [0.15, 0.2) is 0 Å². The number of urea groups is 1. The number of esters is 1. The van der Waals surface area contributed by atoms with Crippen molar-refractivity contribution in [2.24, 2.45) is 0 Å². The van der Waals surface area contributed by atoms with Crippen molar-refractivity contribution in [3.05, 3.63) is 91.4 Å². The van der Waals surface area contributed by atoms with Crippen molar-refractivity contribution in [1.29, 1.82) is 0 Å². The minimum Gasteiger partial charge on any atom is -0.487 e. The molecule has 1 saturated heterocycles. The van der Waals surface area contributed by atoms with Crippen molar-refractivity contribution in [2.45, 2.75) is 13.2 Å². The van der Waals surface area contributed by atoms with Gasteiger partial charge < -0.3 is 24.3 Å². The molecule has 0 radical (unpaired) electrons. The van der Waals surface area contributed by atoms with Crippen molar-refractivity contribution in [3.63, 3.8) is 0 Å². The van der Waals surface area contributed by atoms with Gasteiger partial charge >= 0.3 is 18.0 Å². The Bertz CT molecular complexity index is 1410. The topological polar surface area (TPSA) is 135 Å². The first-order chi connectivity index (χ1) is 17.7. The lowest BCUT2D eigenvalue weighted by atomic mass is 10.1. The molecule has 3 amide bonds. The number of halogens is 2. The van der Waals surface area contributed by atoms with Crippen LogP contribution in [0.25, 0.3) is 6.08 Å². The first kappa shape index (κ1) is 26.2. The van der Waals surface area contributed by atoms with E-state index in [9.17, 15) is 19.2 Å². The standard InChI is InChI=1S/C25H18Br2N2O8/c1-35-24(33)20-7-6-16(37-20)11-29-22(30)19(28-25(29)34)10-14-8-17(26)21(18(27)9-14)36-12-13-2-4-15(5-3-13)23(31)32/h2-10H,11-12H2,1H3,(H,28,34)(H,31,32)/b19-10-. The Labute approximate surface area is 227 Å². The van der Waals surface area contributed by atoms with Crippen LogP contribution in [0.4, 0.5) is 4.79 Å². The number of carbonyl (C=O) groups is 4. The molecule has 1 aliphatic rings. The van der Waals surface area contributed by atoms with Gasteiger partial charge in [-0.15, -0.1) is 0 Å². The second-order valence-corrected chi connectivity index (χ2v) is 9.45. The van der Waals surface area contributed by atoms with Gasteiger partial charge in [-0.1, -0.05) is 12.1 Å². The first-order valence-corrected chi connectivity index (χ1v) is 12.2. The third-order valence-electron chi connectivity index (χ3n) is 5.24. The van der Waals surface area contributed by atoms with Crippen LogP contribution in [-0.4, -0.2) is 41.0 Å². The highest BCUT2D eigenvalue weighted by atomic mass is 79.9. The zero-order valence-electron chi connectivity index (χ0n) is 19.1. The molecule has 0 atom stereocenters. The van der Waals surface area contributed by atoms with Crippen molar-refractivity contribution < 1.29 is 38.2 Å². The maximum atomic E-state index is 12.8. The van der Waals surface area contributed by atoms with Crippen LogP contribution in [0.2, 0.25) is 0 Å². The Morgan fingerprint density at radius 2 is 1.76 bits per heavy atom. The van der Waals surface area contributed by atoms with Crippen molar-refractivity contribution >= 4 is 61.8 Å². The fraction of sp³-hybridized carbons (Fsp3) is 0.120. The number of aromatic carboxylic acids is 1. The van der Waals surface area contributed by atoms with E-state index >= 15 is 0 Å². The van der Waals surface area contributed by atoms with Crippen molar-refractivity contribution in [1.82, 2.24) is 10.2 Å². The molecule has 1 aromatic heterocycles. The molecule has 3 aromatic rings. The van der Waals surface area contributed by atoms with E-state index < -0.39 is 23.9 Å². The molecule has 0 unspecified atom stereocenters. The zero-order chi connectivity index (χ0) is 26.7. The molecule has 12 heteroatoms. The van der Waals surface area contributed by atoms with Gasteiger partial charge in [0.2, 0.25) is 5.76 Å². The fourth-order valence-electron chi connectivity index (χ4n) is 3.41. The summed E-state index contributed by atoms with van der Waals surface area (Å²) in [7, 11) is 1.22. The third-order valence-corrected chi connectivity index (χ3v) is 6.42. The summed E-state index contributed by atoms with van der Waals surface area (Å²) in [5.74, 6) is -1.50. The lowest BCUT2D eigenvalue weighted by Crippen LogP contribution is -2.30. The first-order valence-electron chi connectivity index (χ1n) is 10.6. The molecule has 0 aliphatic carbocycles. The maximum absolute atomic E-state index is 12.8. The van der Waals surface area contributed by atoms with Crippen LogP contribution >= 0.6 is 31.9 Å². The molecular formula is C25H18Br2N2O8. The second kappa shape index (κ2) is 11.0. The molecule has 37 heavy (non-hydrogen) atoms. The predicted molar refractivity (Wildman–Crippen MR) is 137 cm³/mol. The number of carbonyl (C=O) groups excluding carboxylic acids is 3. The number of carboxylic acids is 1. The number of ether oxygens (including phenoxy) is 2. The van der Waals surface area contributed by atoms with Crippen LogP contribution in [-0.2, 0) is 22.7 Å². The number of nitrogens with one attached hydrogen (secondary N) is 1. The van der Waals surface area contributed by atoms with Gasteiger partial charge in [0, 0.05) is 0 Å². The molecule has 1 aliphatic heterocycles. The number of imide groups is 1. The minimum atomic E-state index is -1.00. The smallest absolute Gasteiger partial charge is 0.373 e. The number of carboxylic acid groups (broad SMARTS) is 1. The molecule has 2 N–H and O–H groups in total. The molecular weight excluding hydrogens is 616 g/mol. The summed E-state index contributed by atoms with van der Waals surface area (Å²) in [6.45, 7) is 0.0398. The van der Waals surface area contributed by atoms with E-state index in [0.717, 1.165) is 10.5 Å². The summed E-state index contributed by atoms with van der Waals surface area (Å²) in [6, 6.07) is 12.0. The van der Waals surface area contributed by atoms with E-state index in [2.05, 4.69) is 41.9 Å². The van der Waals surface area contributed by atoms with Gasteiger partial charge in [-0.2, -0.15) is 0 Å². The molecule has 1 fully saturated rings. The van der Waals surface area contributed by atoms with Gasteiger partial charge in [-0.3, -0.25) is 9.69 Å². The monoisotopic (exact) mass is 632 g/mol. The largest absolute Gasteiger partial charge is 0.487 e. The normalized spacial score (nSPS) is 14.1. The Balaban J connectivity index is 1.45. The van der Waals surface area contributed by atoms with E-state index in [1.807, 2.05) is 0 Å². The molecule has 4 rings (SSSR count). The summed E-state index contributed by atoms with van der Waals surface area (Å²) < 4.78 is 17.0. The third kappa shape index (κ3) is 5.92. The van der Waals surface area contributed by atoms with Gasteiger partial charge in [0.25, 0.3) is 5.91 Å². The average Bonchev–Trinajstić information content (AvgIpc) is 3.43. The quantitative estimate of drug-likeness (QED) is 0.202. The molecule has 10 nitrogen and oxygen atoms in total. The highest BCUT2D eigenvalue weighted by Crippen LogP contribution is 2.36. The van der Waals surface area contributed by atoms with Gasteiger partial charge in [0.1, 0.15) is 23.8 Å². The van der Waals surface area contributed by atoms with E-state index in [-0.39, 0.29) is 35.9 Å². The average molecular weight is 634 g/mol. The van der Waals surface area contributed by atoms with Crippen LogP contribution in [0, 0.1) is 0 Å². The van der Waals surface area contributed by atoms with Crippen molar-refractivity contribution in [2.75, 3.05) is 7.11 Å². The van der Waals surface area contributed by atoms with Crippen molar-refractivity contribution in [3.8, 4) is 5.75 Å². The number of benzene rings is 2. The van der Waals surface area contributed by atoms with E-state index in [0.29, 0.717) is 20.3 Å². The molecule has 190 valence electrons. The summed E-state index contributed by atoms with van der Waals surface area (Å²) in [5.41, 5.74) is 1.64. The number of hydrogen-bond donors (Lipinski definition) is 2. The summed E-state index contributed by atoms with van der Waals surface area (Å²) in [4.78, 5) is 48.8. The summed E-state index contributed by atoms with van der Waals surface area (Å²) in [6.07, 6.45) is 1.52. The maximum Gasteiger partial charge on any atom is 0.373 e. The van der Waals surface area contributed by atoms with Crippen LogP contribution in [0.3, 0.4) is 0 Å². The van der Waals surface area contributed by atoms with Crippen LogP contribution in [0.5, 0.6) is 5.75 Å². The van der Waals surface area contributed by atoms with Gasteiger partial charge in [0.05, 0.1) is 28.2 Å². The SMILES string of the molecule is COC(=O)c1ccc(CN2C(=O)N/C(=C\c3cc(Br)c(OCc4ccc(C(=O)O)cc4)c(Br)c3)C2=O)o1. The van der Waals surface area contributed by atoms with Crippen LogP contribution in [0.1, 0.15) is 37.8 Å². The Morgan fingerprint density at radius 3 is 2.38 bits per heavy atom. The number of amides is 3. The van der Waals surface area contributed by atoms with E-state index in [1.165, 1.54) is 37.5 Å². The second-order valence-electron chi connectivity index (χ2n) is 7.74. The van der Waals surface area contributed by atoms with E-state index in [4.69, 9.17) is 14.3 Å². The zero-order valence-corrected chi connectivity index (χ0v) is 22.3. The van der Waals surface area contributed by atoms with Crippen LogP contribution < -0.4 is 10.1 Å². The minimum absolute atomic E-state index is 0.0328. The number of furan rings is 1.